The first kappa shape index (κ1) is 40.6. The Morgan fingerprint density at radius 1 is 0.620 bits per heavy atom. The summed E-state index contributed by atoms with van der Waals surface area (Å²) < 4.78 is 10.5. The van der Waals surface area contributed by atoms with Gasteiger partial charge < -0.3 is 45.6 Å². The number of aromatic hydroxyl groups is 4. The Balaban J connectivity index is 1.76. The van der Waals surface area contributed by atoms with E-state index in [-0.39, 0.29) is 89.2 Å². The van der Waals surface area contributed by atoms with Crippen molar-refractivity contribution >= 4 is 35.6 Å². The lowest BCUT2D eigenvalue weighted by Crippen LogP contribution is -2.37. The van der Waals surface area contributed by atoms with Gasteiger partial charge in [-0.1, -0.05) is 12.1 Å². The maximum atomic E-state index is 12.2. The molecule has 3 amide bonds. The maximum absolute atomic E-state index is 12.2. The molecule has 0 heterocycles. The van der Waals surface area contributed by atoms with Crippen LogP contribution in [0.25, 0.3) is 0 Å². The number of hydrogen-bond acceptors (Lipinski definition) is 14. The molecule has 0 unspecified atom stereocenters. The van der Waals surface area contributed by atoms with Gasteiger partial charge in [-0.2, -0.15) is 0 Å². The molecule has 2 aromatic carbocycles. The van der Waals surface area contributed by atoms with Crippen LogP contribution in [0, 0.1) is 0 Å². The Kier molecular flexibility index (Phi) is 17.3. The van der Waals surface area contributed by atoms with Gasteiger partial charge in [-0.15, -0.1) is 0 Å². The first-order chi connectivity index (χ1) is 23.8. The smallest absolute Gasteiger partial charge is 0.305 e. The lowest BCUT2D eigenvalue weighted by Gasteiger charge is -2.23. The first-order valence-corrected chi connectivity index (χ1v) is 15.6. The molecule has 0 bridgehead atoms. The van der Waals surface area contributed by atoms with Crippen LogP contribution in [0.3, 0.4) is 0 Å². The van der Waals surface area contributed by atoms with E-state index in [2.05, 4.69) is 10.6 Å². The maximum Gasteiger partial charge on any atom is 0.305 e. The number of para-hydroxylation sites is 2. The van der Waals surface area contributed by atoms with Gasteiger partial charge in [0.05, 0.1) is 24.1 Å². The third kappa shape index (κ3) is 14.7. The third-order valence-electron chi connectivity index (χ3n) is 7.01. The van der Waals surface area contributed by atoms with Crippen molar-refractivity contribution in [3.05, 3.63) is 47.5 Å². The number of carboxylic acid groups (broad SMARTS) is 1. The van der Waals surface area contributed by atoms with E-state index in [1.54, 1.807) is 4.90 Å². The topological polar surface area (TPSA) is 273 Å². The Morgan fingerprint density at radius 3 is 1.52 bits per heavy atom. The van der Waals surface area contributed by atoms with E-state index < -0.39 is 71.6 Å². The normalized spacial score (nSPS) is 10.7. The fraction of sp³-hybridized carbons (Fsp3) is 0.438. The molecule has 2 rings (SSSR count). The Morgan fingerprint density at radius 2 is 1.08 bits per heavy atom. The van der Waals surface area contributed by atoms with Gasteiger partial charge in [0, 0.05) is 52.0 Å². The highest BCUT2D eigenvalue weighted by Gasteiger charge is 2.17. The van der Waals surface area contributed by atoms with Crippen molar-refractivity contribution in [1.29, 1.82) is 0 Å². The van der Waals surface area contributed by atoms with Crippen molar-refractivity contribution in [2.45, 2.75) is 38.5 Å². The van der Waals surface area contributed by atoms with E-state index in [9.17, 15) is 54.4 Å². The van der Waals surface area contributed by atoms with Gasteiger partial charge in [-0.05, 0) is 37.1 Å². The third-order valence-corrected chi connectivity index (χ3v) is 7.01. The fourth-order valence-corrected chi connectivity index (χ4v) is 4.25. The number of nitrogens with zero attached hydrogens (tertiary/aromatic N) is 2. The second-order valence-electron chi connectivity index (χ2n) is 10.8. The van der Waals surface area contributed by atoms with Crippen LogP contribution in [-0.2, 0) is 28.7 Å². The number of phenolic OH excluding ortho intramolecular Hbond substituents is 4. The average molecular weight is 707 g/mol. The highest BCUT2D eigenvalue weighted by Crippen LogP contribution is 2.28. The zero-order valence-electron chi connectivity index (χ0n) is 27.2. The van der Waals surface area contributed by atoms with Gasteiger partial charge >= 0.3 is 17.9 Å². The minimum absolute atomic E-state index is 0.0416. The number of amides is 3. The summed E-state index contributed by atoms with van der Waals surface area (Å²) in [6, 6.07) is 7.88. The molecule has 2 aromatic rings. The number of carboxylic acids is 1. The monoisotopic (exact) mass is 706 g/mol. The van der Waals surface area contributed by atoms with Gasteiger partial charge in [0.25, 0.3) is 11.8 Å². The number of esters is 2. The van der Waals surface area contributed by atoms with Crippen LogP contribution in [0.5, 0.6) is 23.0 Å². The van der Waals surface area contributed by atoms with E-state index in [0.29, 0.717) is 5.06 Å². The number of carbonyl (C=O) groups excluding carboxylic acids is 5. The number of benzene rings is 2. The molecule has 0 fully saturated rings. The molecule has 274 valence electrons. The predicted molar refractivity (Wildman–Crippen MR) is 171 cm³/mol. The molecule has 18 heteroatoms. The molecule has 50 heavy (non-hydrogen) atoms. The van der Waals surface area contributed by atoms with Crippen molar-refractivity contribution < 1.29 is 69.0 Å². The molecule has 18 nitrogen and oxygen atoms in total. The second kappa shape index (κ2) is 21.4. The second-order valence-corrected chi connectivity index (χ2v) is 10.8. The van der Waals surface area contributed by atoms with Crippen molar-refractivity contribution in [1.82, 2.24) is 20.6 Å². The minimum atomic E-state index is -1.20. The Bertz CT molecular complexity index is 1400. The molecule has 0 spiro atoms. The molecule has 0 aliphatic heterocycles. The highest BCUT2D eigenvalue weighted by atomic mass is 16.5. The number of phenols is 4. The largest absolute Gasteiger partial charge is 0.504 e. The fourth-order valence-electron chi connectivity index (χ4n) is 4.25. The summed E-state index contributed by atoms with van der Waals surface area (Å²) in [5, 5.41) is 62.5. The van der Waals surface area contributed by atoms with Gasteiger partial charge in [0.15, 0.2) is 23.0 Å². The molecular formula is C32H42N4O14. The molecule has 8 N–H and O–H groups in total. The molecule has 0 saturated carbocycles. The number of aliphatic carboxylic acids is 1. The molecule has 0 saturated heterocycles. The molecule has 0 atom stereocenters. The van der Waals surface area contributed by atoms with E-state index in [0.717, 1.165) is 0 Å². The van der Waals surface area contributed by atoms with Gasteiger partial charge in [-0.3, -0.25) is 38.9 Å². The van der Waals surface area contributed by atoms with E-state index in [1.807, 2.05) is 0 Å². The summed E-state index contributed by atoms with van der Waals surface area (Å²) in [4.78, 5) is 73.4. The number of ether oxygens (including phenoxy) is 2. The van der Waals surface area contributed by atoms with Crippen molar-refractivity contribution in [3.63, 3.8) is 0 Å². The molecule has 0 aliphatic carbocycles. The quantitative estimate of drug-likeness (QED) is 0.0275. The highest BCUT2D eigenvalue weighted by molar-refractivity contribution is 5.98. The van der Waals surface area contributed by atoms with E-state index >= 15 is 0 Å². The van der Waals surface area contributed by atoms with Crippen LogP contribution in [0.2, 0.25) is 0 Å². The zero-order chi connectivity index (χ0) is 37.1. The van der Waals surface area contributed by atoms with Crippen LogP contribution >= 0.6 is 0 Å². The van der Waals surface area contributed by atoms with Crippen molar-refractivity contribution in [2.24, 2.45) is 0 Å². The summed E-state index contributed by atoms with van der Waals surface area (Å²) in [6.07, 6.45) is -0.365. The van der Waals surface area contributed by atoms with Crippen LogP contribution < -0.4 is 10.6 Å². The van der Waals surface area contributed by atoms with E-state index in [1.165, 1.54) is 36.4 Å². The van der Waals surface area contributed by atoms with Crippen LogP contribution in [-0.4, -0.2) is 129 Å². The first-order valence-electron chi connectivity index (χ1n) is 15.6. The van der Waals surface area contributed by atoms with Gasteiger partial charge in [-0.25, -0.2) is 5.06 Å². The number of nitrogens with one attached hydrogen (secondary N) is 2. The number of carbonyl (C=O) groups is 6. The molecule has 0 aliphatic rings. The number of hydroxylamine groups is 2. The van der Waals surface area contributed by atoms with Crippen LogP contribution in [0.4, 0.5) is 0 Å². The lowest BCUT2D eigenvalue weighted by atomic mass is 10.1. The van der Waals surface area contributed by atoms with Crippen molar-refractivity contribution in [2.75, 3.05) is 52.5 Å². The molecular weight excluding hydrogens is 664 g/mol. The number of rotatable bonds is 22. The minimum Gasteiger partial charge on any atom is -0.504 e. The summed E-state index contributed by atoms with van der Waals surface area (Å²) in [5.41, 5.74) is -0.250. The lowest BCUT2D eigenvalue weighted by molar-refractivity contribution is -0.167. The van der Waals surface area contributed by atoms with Crippen molar-refractivity contribution in [3.8, 4) is 23.0 Å². The summed E-state index contributed by atoms with van der Waals surface area (Å²) in [7, 11) is 0. The summed E-state index contributed by atoms with van der Waals surface area (Å²) in [5.74, 6) is -6.39. The standard InChI is InChI=1S/C32H42N4O14/c37-23-7-1-5-21(29(23)44)31(46)33-13-3-9-27(42)49-19-17-35(15-11-25(39)36(48)16-12-26(40)41)18-20-50-28(43)10-4-14-34-32(47)22-6-2-8-24(38)30(22)45/h1-2,5-8,37-38,44-45,48H,3-4,9-20H2,(H,33,46)(H,34,47)(H,40,41). The summed E-state index contributed by atoms with van der Waals surface area (Å²) in [6.45, 7) is -0.210. The SMILES string of the molecule is O=C(O)CCN(O)C(=O)CCN(CCOC(=O)CCCNC(=O)c1cccc(O)c1O)CCOC(=O)CCCNC(=O)c1cccc(O)c1O. The zero-order valence-corrected chi connectivity index (χ0v) is 27.2. The van der Waals surface area contributed by atoms with Crippen LogP contribution in [0.15, 0.2) is 36.4 Å². The summed E-state index contributed by atoms with van der Waals surface area (Å²) >= 11 is 0. The van der Waals surface area contributed by atoms with Gasteiger partial charge in [0.1, 0.15) is 13.2 Å². The van der Waals surface area contributed by atoms with Gasteiger partial charge in [0.2, 0.25) is 5.91 Å². The predicted octanol–water partition coefficient (Wildman–Crippen LogP) is 0.700. The average Bonchev–Trinajstić information content (AvgIpc) is 3.08. The molecule has 0 radical (unpaired) electrons. The Labute approximate surface area is 286 Å². The Hall–Kier alpha value is -5.62. The van der Waals surface area contributed by atoms with Crippen LogP contribution in [0.1, 0.15) is 59.2 Å². The van der Waals surface area contributed by atoms with E-state index in [4.69, 9.17) is 14.6 Å². The molecule has 0 aromatic heterocycles. The number of hydrogen-bond donors (Lipinski definition) is 8.